The van der Waals surface area contributed by atoms with Crippen molar-refractivity contribution in [3.05, 3.63) is 70.7 Å². The normalized spacial score (nSPS) is 14.9. The van der Waals surface area contributed by atoms with Gasteiger partial charge in [-0.25, -0.2) is 0 Å². The molecule has 0 radical (unpaired) electrons. The van der Waals surface area contributed by atoms with Crippen LogP contribution in [-0.4, -0.2) is 52.2 Å². The summed E-state index contributed by atoms with van der Waals surface area (Å²) in [6, 6.07) is 17.7. The van der Waals surface area contributed by atoms with Gasteiger partial charge in [-0.2, -0.15) is 0 Å². The van der Waals surface area contributed by atoms with E-state index in [4.69, 9.17) is 16.3 Å². The molecule has 1 N–H and O–H groups in total. The second kappa shape index (κ2) is 10.8. The molecule has 0 spiro atoms. The van der Waals surface area contributed by atoms with Crippen LogP contribution in [0.1, 0.15) is 18.1 Å². The van der Waals surface area contributed by atoms with E-state index in [1.807, 2.05) is 49.4 Å². The van der Waals surface area contributed by atoms with E-state index in [1.165, 1.54) is 11.8 Å². The van der Waals surface area contributed by atoms with Gasteiger partial charge in [-0.3, -0.25) is 9.36 Å². The predicted molar refractivity (Wildman–Crippen MR) is 127 cm³/mol. The van der Waals surface area contributed by atoms with Crippen LogP contribution in [0.25, 0.3) is 0 Å². The van der Waals surface area contributed by atoms with Gasteiger partial charge in [0.15, 0.2) is 5.16 Å². The number of hydrogen-bond donors (Lipinski definition) is 1. The number of amides is 1. The van der Waals surface area contributed by atoms with Crippen LogP contribution in [0, 0.1) is 0 Å². The summed E-state index contributed by atoms with van der Waals surface area (Å²) in [4.78, 5) is 14.9. The molecule has 1 atom stereocenters. The third-order valence-corrected chi connectivity index (χ3v) is 6.54. The van der Waals surface area contributed by atoms with Gasteiger partial charge in [0.1, 0.15) is 0 Å². The molecule has 1 fully saturated rings. The first-order valence-corrected chi connectivity index (χ1v) is 11.8. The molecule has 3 aromatic rings. The summed E-state index contributed by atoms with van der Waals surface area (Å²) in [5.74, 6) is 0.764. The number of hydrogen-bond acceptors (Lipinski definition) is 6. The number of aromatic nitrogens is 3. The molecule has 0 bridgehead atoms. The molecule has 2 aromatic carbocycles. The second-order valence-corrected chi connectivity index (χ2v) is 9.30. The predicted octanol–water partition coefficient (Wildman–Crippen LogP) is 3.61. The minimum absolute atomic E-state index is 0.0490. The Morgan fingerprint density at radius 1 is 1.09 bits per heavy atom. The van der Waals surface area contributed by atoms with E-state index in [0.29, 0.717) is 31.3 Å². The maximum atomic E-state index is 12.7. The Kier molecular flexibility index (Phi) is 7.68. The number of nitrogens with zero attached hydrogens (tertiary/aromatic N) is 4. The third kappa shape index (κ3) is 5.82. The molecule has 1 aromatic heterocycles. The first-order chi connectivity index (χ1) is 15.6. The van der Waals surface area contributed by atoms with E-state index in [0.717, 1.165) is 35.3 Å². The van der Waals surface area contributed by atoms with Crippen molar-refractivity contribution in [2.45, 2.75) is 30.4 Å². The molecular formula is C23H26ClN5O2S. The average molecular weight is 472 g/mol. The molecule has 4 rings (SSSR count). The Morgan fingerprint density at radius 3 is 2.53 bits per heavy atom. The number of halogens is 1. The number of carbonyl (C=O) groups excluding carboxylic acids is 1. The highest BCUT2D eigenvalue weighted by Crippen LogP contribution is 2.27. The molecular weight excluding hydrogens is 446 g/mol. The number of morpholine rings is 1. The largest absolute Gasteiger partial charge is 0.378 e. The summed E-state index contributed by atoms with van der Waals surface area (Å²) in [5.41, 5.74) is 2.16. The first kappa shape index (κ1) is 22.6. The topological polar surface area (TPSA) is 72.3 Å². The maximum absolute atomic E-state index is 12.7. The molecule has 2 heterocycles. The number of nitrogens with one attached hydrogen (secondary N) is 1. The molecule has 1 unspecified atom stereocenters. The zero-order chi connectivity index (χ0) is 22.3. The highest BCUT2D eigenvalue weighted by atomic mass is 35.5. The number of rotatable bonds is 8. The highest BCUT2D eigenvalue weighted by Gasteiger charge is 2.24. The minimum Gasteiger partial charge on any atom is -0.378 e. The summed E-state index contributed by atoms with van der Waals surface area (Å²) in [5, 5.41) is 13.0. The lowest BCUT2D eigenvalue weighted by atomic mass is 10.2. The van der Waals surface area contributed by atoms with Crippen LogP contribution in [0.15, 0.2) is 59.8 Å². The van der Waals surface area contributed by atoms with Crippen LogP contribution in [0.3, 0.4) is 0 Å². The molecule has 7 nitrogen and oxygen atoms in total. The van der Waals surface area contributed by atoms with E-state index in [2.05, 4.69) is 37.1 Å². The van der Waals surface area contributed by atoms with Gasteiger partial charge in [-0.05, 0) is 30.2 Å². The van der Waals surface area contributed by atoms with Crippen LogP contribution >= 0.6 is 23.4 Å². The molecule has 1 aliphatic heterocycles. The summed E-state index contributed by atoms with van der Waals surface area (Å²) in [6.07, 6.45) is 0. The average Bonchev–Trinajstić information content (AvgIpc) is 3.21. The van der Waals surface area contributed by atoms with Crippen molar-refractivity contribution in [1.29, 1.82) is 0 Å². The Hall–Kier alpha value is -2.55. The standard InChI is InChI=1S/C23H26ClN5O2S/c1-17(21(30)25-15-18-7-9-20(24)10-8-18)32-23-27-26-22(28-11-13-31-14-12-28)29(23)16-19-5-3-2-4-6-19/h2-10,17H,11-16H2,1H3,(H,25,30). The van der Waals surface area contributed by atoms with Crippen LogP contribution in [-0.2, 0) is 22.6 Å². The van der Waals surface area contributed by atoms with Crippen molar-refractivity contribution in [3.8, 4) is 0 Å². The van der Waals surface area contributed by atoms with Gasteiger partial charge in [0.05, 0.1) is 25.0 Å². The Bertz CT molecular complexity index is 1020. The van der Waals surface area contributed by atoms with E-state index in [-0.39, 0.29) is 11.2 Å². The van der Waals surface area contributed by atoms with Gasteiger partial charge in [0.2, 0.25) is 11.9 Å². The molecule has 0 aliphatic carbocycles. The monoisotopic (exact) mass is 471 g/mol. The molecule has 168 valence electrons. The van der Waals surface area contributed by atoms with Crippen molar-refractivity contribution in [1.82, 2.24) is 20.1 Å². The van der Waals surface area contributed by atoms with Gasteiger partial charge in [-0.15, -0.1) is 10.2 Å². The lowest BCUT2D eigenvalue weighted by Gasteiger charge is -2.28. The van der Waals surface area contributed by atoms with Crippen molar-refractivity contribution < 1.29 is 9.53 Å². The Morgan fingerprint density at radius 2 is 1.81 bits per heavy atom. The fourth-order valence-electron chi connectivity index (χ4n) is 3.42. The van der Waals surface area contributed by atoms with Gasteiger partial charge < -0.3 is 15.0 Å². The summed E-state index contributed by atoms with van der Waals surface area (Å²) >= 11 is 7.35. The fraction of sp³-hybridized carbons (Fsp3) is 0.348. The number of carbonyl (C=O) groups is 1. The molecule has 1 saturated heterocycles. The molecule has 1 aliphatic rings. The molecule has 32 heavy (non-hydrogen) atoms. The van der Waals surface area contributed by atoms with E-state index >= 15 is 0 Å². The maximum Gasteiger partial charge on any atom is 0.233 e. The quantitative estimate of drug-likeness (QED) is 0.506. The van der Waals surface area contributed by atoms with Crippen LogP contribution in [0.4, 0.5) is 5.95 Å². The van der Waals surface area contributed by atoms with Gasteiger partial charge >= 0.3 is 0 Å². The SMILES string of the molecule is CC(Sc1nnc(N2CCOCC2)n1Cc1ccccc1)C(=O)NCc1ccc(Cl)cc1. The number of benzene rings is 2. The Labute approximate surface area is 197 Å². The van der Waals surface area contributed by atoms with Gasteiger partial charge in [0.25, 0.3) is 0 Å². The molecule has 1 amide bonds. The third-order valence-electron chi connectivity index (χ3n) is 5.21. The lowest BCUT2D eigenvalue weighted by molar-refractivity contribution is -0.120. The minimum atomic E-state index is -0.321. The van der Waals surface area contributed by atoms with Gasteiger partial charge in [0, 0.05) is 24.7 Å². The van der Waals surface area contributed by atoms with E-state index < -0.39 is 0 Å². The first-order valence-electron chi connectivity index (χ1n) is 10.6. The summed E-state index contributed by atoms with van der Waals surface area (Å²) in [6.45, 7) is 5.87. The van der Waals surface area contributed by atoms with Crippen molar-refractivity contribution in [2.24, 2.45) is 0 Å². The zero-order valence-electron chi connectivity index (χ0n) is 17.9. The summed E-state index contributed by atoms with van der Waals surface area (Å²) < 4.78 is 7.58. The second-order valence-electron chi connectivity index (χ2n) is 7.56. The van der Waals surface area contributed by atoms with Crippen LogP contribution in [0.2, 0.25) is 5.02 Å². The fourth-order valence-corrected chi connectivity index (χ4v) is 4.41. The van der Waals surface area contributed by atoms with Crippen molar-refractivity contribution in [3.63, 3.8) is 0 Å². The lowest BCUT2D eigenvalue weighted by Crippen LogP contribution is -2.38. The smallest absolute Gasteiger partial charge is 0.233 e. The van der Waals surface area contributed by atoms with Crippen LogP contribution in [0.5, 0.6) is 0 Å². The Balaban J connectivity index is 1.47. The van der Waals surface area contributed by atoms with Crippen LogP contribution < -0.4 is 10.2 Å². The zero-order valence-corrected chi connectivity index (χ0v) is 19.5. The van der Waals surface area contributed by atoms with Gasteiger partial charge in [-0.1, -0.05) is 65.8 Å². The number of anilines is 1. The summed E-state index contributed by atoms with van der Waals surface area (Å²) in [7, 11) is 0. The van der Waals surface area contributed by atoms with Crippen molar-refractivity contribution >= 4 is 35.2 Å². The van der Waals surface area contributed by atoms with Crippen molar-refractivity contribution in [2.75, 3.05) is 31.2 Å². The van der Waals surface area contributed by atoms with E-state index in [9.17, 15) is 4.79 Å². The highest BCUT2D eigenvalue weighted by molar-refractivity contribution is 8.00. The van der Waals surface area contributed by atoms with E-state index in [1.54, 1.807) is 0 Å². The molecule has 9 heteroatoms. The number of thioether (sulfide) groups is 1. The number of ether oxygens (including phenoxy) is 1. The molecule has 0 saturated carbocycles.